The Bertz CT molecular complexity index is 1080. The van der Waals surface area contributed by atoms with Crippen molar-refractivity contribution in [1.29, 1.82) is 0 Å². The Balaban J connectivity index is 1.22. The third-order valence-corrected chi connectivity index (χ3v) is 7.14. The first-order valence-electron chi connectivity index (χ1n) is 10.2. The van der Waals surface area contributed by atoms with E-state index in [0.717, 1.165) is 40.4 Å². The number of hydrogen-bond donors (Lipinski definition) is 2. The smallest absolute Gasteiger partial charge is 0.132 e. The fraction of sp³-hybridized carbons (Fsp3) is 0.409. The molecule has 29 heavy (non-hydrogen) atoms. The van der Waals surface area contributed by atoms with E-state index in [4.69, 9.17) is 4.74 Å². The summed E-state index contributed by atoms with van der Waals surface area (Å²) in [4.78, 5) is 7.88. The van der Waals surface area contributed by atoms with Gasteiger partial charge in [0.25, 0.3) is 0 Å². The lowest BCUT2D eigenvalue weighted by molar-refractivity contribution is 0.225. The highest BCUT2D eigenvalue weighted by Gasteiger charge is 2.37. The minimum Gasteiger partial charge on any atom is -0.491 e. The molecule has 2 unspecified atom stereocenters. The molecular weight excluding hydrogens is 387 g/mol. The zero-order chi connectivity index (χ0) is 19.5. The van der Waals surface area contributed by atoms with E-state index in [1.807, 2.05) is 19.1 Å². The van der Waals surface area contributed by atoms with Crippen LogP contribution < -0.4 is 20.3 Å². The topological polar surface area (TPSA) is 49.4 Å². The van der Waals surface area contributed by atoms with Crippen LogP contribution in [0.2, 0.25) is 0 Å². The Morgan fingerprint density at radius 1 is 1.28 bits per heavy atom. The molecule has 6 heterocycles. The maximum absolute atomic E-state index is 15.0. The molecular formula is C22H23FN4OS. The molecule has 2 bridgehead atoms. The van der Waals surface area contributed by atoms with Crippen LogP contribution in [0, 0.1) is 12.7 Å². The van der Waals surface area contributed by atoms with E-state index in [0.29, 0.717) is 36.4 Å². The number of piperazine rings is 1. The van der Waals surface area contributed by atoms with Gasteiger partial charge in [-0.3, -0.25) is 0 Å². The van der Waals surface area contributed by atoms with Crippen molar-refractivity contribution in [3.63, 3.8) is 0 Å². The molecule has 3 atom stereocenters. The lowest BCUT2D eigenvalue weighted by Crippen LogP contribution is -2.67. The molecule has 4 aliphatic rings. The lowest BCUT2D eigenvalue weighted by Gasteiger charge is -2.49. The summed E-state index contributed by atoms with van der Waals surface area (Å²) in [6.45, 7) is 4.41. The summed E-state index contributed by atoms with van der Waals surface area (Å²) in [5.41, 5.74) is 3.67. The van der Waals surface area contributed by atoms with Gasteiger partial charge in [-0.15, -0.1) is 11.3 Å². The van der Waals surface area contributed by atoms with Gasteiger partial charge in [-0.1, -0.05) is 0 Å². The summed E-state index contributed by atoms with van der Waals surface area (Å²) in [5, 5.41) is 10.3. The predicted octanol–water partition coefficient (Wildman–Crippen LogP) is 3.71. The molecule has 3 aromatic rings. The Labute approximate surface area is 172 Å². The van der Waals surface area contributed by atoms with Crippen molar-refractivity contribution < 1.29 is 9.13 Å². The molecule has 0 spiro atoms. The van der Waals surface area contributed by atoms with Gasteiger partial charge >= 0.3 is 0 Å². The van der Waals surface area contributed by atoms with Crippen molar-refractivity contribution in [3.05, 3.63) is 46.7 Å². The molecule has 150 valence electrons. The number of halogens is 1. The largest absolute Gasteiger partial charge is 0.491 e. The first-order valence-corrected chi connectivity index (χ1v) is 11.1. The second-order valence-electron chi connectivity index (χ2n) is 8.42. The van der Waals surface area contributed by atoms with Crippen LogP contribution in [-0.4, -0.2) is 42.8 Å². The number of aryl methyl sites for hydroxylation is 1. The number of nitrogens with one attached hydrogen (secondary N) is 2. The summed E-state index contributed by atoms with van der Waals surface area (Å²) < 4.78 is 21.0. The molecule has 0 amide bonds. The van der Waals surface area contributed by atoms with Crippen molar-refractivity contribution in [2.24, 2.45) is 0 Å². The van der Waals surface area contributed by atoms with Gasteiger partial charge in [-0.25, -0.2) is 9.37 Å². The highest BCUT2D eigenvalue weighted by molar-refractivity contribution is 7.17. The van der Waals surface area contributed by atoms with Crippen LogP contribution in [0.4, 0.5) is 15.8 Å². The third kappa shape index (κ3) is 3.04. The number of piperidine rings is 1. The van der Waals surface area contributed by atoms with Gasteiger partial charge in [-0.2, -0.15) is 0 Å². The zero-order valence-corrected chi connectivity index (χ0v) is 17.1. The number of rotatable bonds is 3. The first-order chi connectivity index (χ1) is 14.1. The molecule has 0 saturated carbocycles. The molecule has 4 aliphatic heterocycles. The third-order valence-electron chi connectivity index (χ3n) is 6.25. The summed E-state index contributed by atoms with van der Waals surface area (Å²) >= 11 is 1.63. The summed E-state index contributed by atoms with van der Waals surface area (Å²) in [6.07, 6.45) is 1.85. The van der Waals surface area contributed by atoms with Crippen LogP contribution in [0.1, 0.15) is 17.7 Å². The minimum absolute atomic E-state index is 0.0359. The number of fused-ring (bicyclic) bond motifs is 4. The predicted molar refractivity (Wildman–Crippen MR) is 115 cm³/mol. The van der Waals surface area contributed by atoms with Crippen LogP contribution in [0.25, 0.3) is 10.2 Å². The summed E-state index contributed by atoms with van der Waals surface area (Å²) in [7, 11) is 0. The molecule has 7 rings (SSSR count). The standard InChI is InChI=1S/C22H23FN4OS/c1-12-2-3-17-20(11-29-22(17)24-12)26-15-5-18-19(23)6-16(7-21(18)28-10-15)27-8-13-4-14(9-27)25-13/h2-3,6-7,11,13-15,25-26H,4-5,8-10H2,1H3/t13?,14?,15-/m1/s1. The summed E-state index contributed by atoms with van der Waals surface area (Å²) in [5.74, 6) is 0.529. The van der Waals surface area contributed by atoms with Crippen molar-refractivity contribution >= 4 is 32.9 Å². The van der Waals surface area contributed by atoms with Crippen LogP contribution in [0.5, 0.6) is 5.75 Å². The second kappa shape index (κ2) is 6.57. The SMILES string of the molecule is Cc1ccc2c(N[C@H]3COc4cc(N5CC6CC(C5)N6)cc(F)c4C3)csc2n1. The molecule has 3 saturated heterocycles. The number of aromatic nitrogens is 1. The Hall–Kier alpha value is -2.38. The van der Waals surface area contributed by atoms with E-state index in [1.165, 1.54) is 6.42 Å². The number of nitrogens with zero attached hydrogens (tertiary/aromatic N) is 2. The van der Waals surface area contributed by atoms with E-state index in [9.17, 15) is 4.39 Å². The van der Waals surface area contributed by atoms with E-state index in [1.54, 1.807) is 17.4 Å². The van der Waals surface area contributed by atoms with Gasteiger partial charge in [0, 0.05) is 65.4 Å². The van der Waals surface area contributed by atoms with Crippen molar-refractivity contribution in [1.82, 2.24) is 10.3 Å². The van der Waals surface area contributed by atoms with E-state index < -0.39 is 0 Å². The average molecular weight is 411 g/mol. The molecule has 5 nitrogen and oxygen atoms in total. The molecule has 2 aromatic heterocycles. The minimum atomic E-state index is -0.163. The molecule has 2 N–H and O–H groups in total. The number of benzene rings is 1. The number of hydrogen-bond acceptors (Lipinski definition) is 6. The number of anilines is 2. The van der Waals surface area contributed by atoms with Gasteiger partial charge in [-0.05, 0) is 31.5 Å². The monoisotopic (exact) mass is 410 g/mol. The van der Waals surface area contributed by atoms with Crippen LogP contribution in [0.15, 0.2) is 29.6 Å². The number of ether oxygens (including phenoxy) is 1. The van der Waals surface area contributed by atoms with Crippen molar-refractivity contribution in [2.45, 2.75) is 37.9 Å². The Morgan fingerprint density at radius 3 is 2.93 bits per heavy atom. The molecule has 3 fully saturated rings. The average Bonchev–Trinajstić information content (AvgIpc) is 3.09. The van der Waals surface area contributed by atoms with E-state index >= 15 is 0 Å². The van der Waals surface area contributed by atoms with Gasteiger partial charge in [0.2, 0.25) is 0 Å². The van der Waals surface area contributed by atoms with E-state index in [-0.39, 0.29) is 11.9 Å². The fourth-order valence-electron chi connectivity index (χ4n) is 4.76. The second-order valence-corrected chi connectivity index (χ2v) is 9.27. The molecule has 7 heteroatoms. The maximum atomic E-state index is 15.0. The summed E-state index contributed by atoms with van der Waals surface area (Å²) in [6, 6.07) is 8.94. The van der Waals surface area contributed by atoms with Crippen molar-refractivity contribution in [3.8, 4) is 5.75 Å². The zero-order valence-electron chi connectivity index (χ0n) is 16.2. The molecule has 1 aromatic carbocycles. The van der Waals surface area contributed by atoms with Crippen LogP contribution in [-0.2, 0) is 6.42 Å². The maximum Gasteiger partial charge on any atom is 0.132 e. The van der Waals surface area contributed by atoms with E-state index in [2.05, 4.69) is 32.0 Å². The lowest BCUT2D eigenvalue weighted by atomic mass is 9.90. The van der Waals surface area contributed by atoms with Crippen LogP contribution in [0.3, 0.4) is 0 Å². The van der Waals surface area contributed by atoms with Gasteiger partial charge < -0.3 is 20.3 Å². The Morgan fingerprint density at radius 2 is 2.10 bits per heavy atom. The normalized spacial score (nSPS) is 25.3. The molecule has 0 aliphatic carbocycles. The first kappa shape index (κ1) is 17.5. The highest BCUT2D eigenvalue weighted by Crippen LogP contribution is 2.36. The van der Waals surface area contributed by atoms with Gasteiger partial charge in [0.15, 0.2) is 0 Å². The Kier molecular flexibility index (Phi) is 3.96. The van der Waals surface area contributed by atoms with Crippen LogP contribution >= 0.6 is 11.3 Å². The van der Waals surface area contributed by atoms with Gasteiger partial charge in [0.1, 0.15) is 23.0 Å². The number of pyridine rings is 1. The molecule has 0 radical (unpaired) electrons. The fourth-order valence-corrected chi connectivity index (χ4v) is 5.68. The quantitative estimate of drug-likeness (QED) is 0.689. The van der Waals surface area contributed by atoms with Crippen molar-refractivity contribution in [2.75, 3.05) is 29.9 Å². The highest BCUT2D eigenvalue weighted by atomic mass is 32.1. The van der Waals surface area contributed by atoms with Gasteiger partial charge in [0.05, 0.1) is 11.7 Å². The number of thiophene rings is 1.